The van der Waals surface area contributed by atoms with Crippen molar-refractivity contribution in [3.05, 3.63) is 0 Å². The highest BCUT2D eigenvalue weighted by Gasteiger charge is 2.50. The van der Waals surface area contributed by atoms with Crippen LogP contribution in [0.3, 0.4) is 0 Å². The summed E-state index contributed by atoms with van der Waals surface area (Å²) in [5.41, 5.74) is 0.299. The van der Waals surface area contributed by atoms with Gasteiger partial charge >= 0.3 is 0 Å². The van der Waals surface area contributed by atoms with E-state index < -0.39 is 0 Å². The molecule has 3 nitrogen and oxygen atoms in total. The number of hydrogen-bond donors (Lipinski definition) is 1. The van der Waals surface area contributed by atoms with Gasteiger partial charge in [0.05, 0.1) is 18.8 Å². The van der Waals surface area contributed by atoms with E-state index in [0.717, 1.165) is 26.2 Å². The molecule has 1 N–H and O–H groups in total. The van der Waals surface area contributed by atoms with Crippen LogP contribution in [0.25, 0.3) is 0 Å². The summed E-state index contributed by atoms with van der Waals surface area (Å²) in [7, 11) is 0. The van der Waals surface area contributed by atoms with Crippen molar-refractivity contribution < 1.29 is 9.47 Å². The van der Waals surface area contributed by atoms with Crippen LogP contribution in [-0.4, -0.2) is 38.0 Å². The van der Waals surface area contributed by atoms with Crippen molar-refractivity contribution in [1.82, 2.24) is 5.32 Å². The van der Waals surface area contributed by atoms with Crippen LogP contribution in [0.15, 0.2) is 0 Å². The molecule has 3 heteroatoms. The van der Waals surface area contributed by atoms with Gasteiger partial charge in [-0.05, 0) is 33.6 Å². The second-order valence-corrected chi connectivity index (χ2v) is 5.47. The van der Waals surface area contributed by atoms with Gasteiger partial charge < -0.3 is 14.8 Å². The fourth-order valence-electron chi connectivity index (χ4n) is 2.59. The van der Waals surface area contributed by atoms with Crippen molar-refractivity contribution >= 4 is 0 Å². The lowest BCUT2D eigenvalue weighted by Gasteiger charge is -2.53. The standard InChI is InChI=1S/C14H29NO2/c1-6-14(5)12(10-13(14)16-7-2)15-8-9-17-11(3)4/h11-13,15H,6-10H2,1-5H3. The third-order valence-electron chi connectivity index (χ3n) is 4.05. The minimum Gasteiger partial charge on any atom is -0.378 e. The van der Waals surface area contributed by atoms with Crippen molar-refractivity contribution in [3.8, 4) is 0 Å². The highest BCUT2D eigenvalue weighted by Crippen LogP contribution is 2.45. The van der Waals surface area contributed by atoms with Gasteiger partial charge in [0, 0.05) is 24.6 Å². The quantitative estimate of drug-likeness (QED) is 0.665. The predicted molar refractivity (Wildman–Crippen MR) is 71.3 cm³/mol. The van der Waals surface area contributed by atoms with Gasteiger partial charge in [-0.15, -0.1) is 0 Å². The van der Waals surface area contributed by atoms with Gasteiger partial charge in [-0.2, -0.15) is 0 Å². The molecular weight excluding hydrogens is 214 g/mol. The molecule has 1 aliphatic carbocycles. The van der Waals surface area contributed by atoms with Crippen molar-refractivity contribution in [1.29, 1.82) is 0 Å². The summed E-state index contributed by atoms with van der Waals surface area (Å²) in [4.78, 5) is 0. The molecule has 0 aliphatic heterocycles. The first-order chi connectivity index (χ1) is 8.04. The van der Waals surface area contributed by atoms with E-state index in [0.29, 0.717) is 23.7 Å². The van der Waals surface area contributed by atoms with Crippen LogP contribution in [-0.2, 0) is 9.47 Å². The first-order valence-electron chi connectivity index (χ1n) is 7.01. The lowest BCUT2D eigenvalue weighted by molar-refractivity contribution is -0.126. The van der Waals surface area contributed by atoms with E-state index in [4.69, 9.17) is 9.47 Å². The molecule has 0 aromatic heterocycles. The number of nitrogens with one attached hydrogen (secondary N) is 1. The summed E-state index contributed by atoms with van der Waals surface area (Å²) in [6.07, 6.45) is 3.06. The van der Waals surface area contributed by atoms with Gasteiger partial charge in [0.2, 0.25) is 0 Å². The molecule has 0 radical (unpaired) electrons. The van der Waals surface area contributed by atoms with E-state index in [2.05, 4.69) is 39.9 Å². The lowest BCUT2D eigenvalue weighted by atomic mass is 9.61. The third-order valence-corrected chi connectivity index (χ3v) is 4.05. The van der Waals surface area contributed by atoms with Crippen molar-refractivity contribution in [2.45, 2.75) is 65.7 Å². The molecule has 17 heavy (non-hydrogen) atoms. The molecule has 3 atom stereocenters. The maximum atomic E-state index is 5.79. The van der Waals surface area contributed by atoms with Crippen LogP contribution in [0.1, 0.15) is 47.5 Å². The molecular formula is C14H29NO2. The minimum atomic E-state index is 0.299. The molecule has 0 aromatic rings. The van der Waals surface area contributed by atoms with Gasteiger partial charge in [-0.3, -0.25) is 0 Å². The molecule has 1 fully saturated rings. The molecule has 1 aliphatic rings. The Labute approximate surface area is 106 Å². The Hall–Kier alpha value is -0.120. The molecule has 102 valence electrons. The Balaban J connectivity index is 2.26. The van der Waals surface area contributed by atoms with Crippen LogP contribution < -0.4 is 5.32 Å². The smallest absolute Gasteiger partial charge is 0.0658 e. The zero-order chi connectivity index (χ0) is 12.9. The zero-order valence-corrected chi connectivity index (χ0v) is 12.1. The highest BCUT2D eigenvalue weighted by molar-refractivity contribution is 5.04. The van der Waals surface area contributed by atoms with E-state index in [1.165, 1.54) is 6.42 Å². The first-order valence-corrected chi connectivity index (χ1v) is 7.01. The highest BCUT2D eigenvalue weighted by atomic mass is 16.5. The van der Waals surface area contributed by atoms with Crippen LogP contribution >= 0.6 is 0 Å². The summed E-state index contributed by atoms with van der Waals surface area (Å²) in [5.74, 6) is 0. The second kappa shape index (κ2) is 6.72. The van der Waals surface area contributed by atoms with E-state index in [1.54, 1.807) is 0 Å². The van der Waals surface area contributed by atoms with Gasteiger partial charge in [-0.1, -0.05) is 13.8 Å². The van der Waals surface area contributed by atoms with E-state index in [-0.39, 0.29) is 0 Å². The second-order valence-electron chi connectivity index (χ2n) is 5.47. The molecule has 3 unspecified atom stereocenters. The molecule has 0 spiro atoms. The third kappa shape index (κ3) is 3.67. The molecule has 1 saturated carbocycles. The van der Waals surface area contributed by atoms with Crippen LogP contribution in [0.4, 0.5) is 0 Å². The Morgan fingerprint density at radius 1 is 1.35 bits per heavy atom. The Kier molecular flexibility index (Phi) is 5.90. The molecule has 0 heterocycles. The average Bonchev–Trinajstić information content (AvgIpc) is 2.30. The predicted octanol–water partition coefficient (Wildman–Crippen LogP) is 2.59. The lowest BCUT2D eigenvalue weighted by Crippen LogP contribution is -2.62. The van der Waals surface area contributed by atoms with E-state index in [1.807, 2.05) is 0 Å². The van der Waals surface area contributed by atoms with Gasteiger partial charge in [0.1, 0.15) is 0 Å². The fourth-order valence-corrected chi connectivity index (χ4v) is 2.59. The van der Waals surface area contributed by atoms with Gasteiger partial charge in [0.15, 0.2) is 0 Å². The van der Waals surface area contributed by atoms with Crippen molar-refractivity contribution in [3.63, 3.8) is 0 Å². The fraction of sp³-hybridized carbons (Fsp3) is 1.00. The first kappa shape index (κ1) is 14.9. The largest absolute Gasteiger partial charge is 0.378 e. The Bertz CT molecular complexity index is 220. The maximum Gasteiger partial charge on any atom is 0.0658 e. The maximum absolute atomic E-state index is 5.79. The Morgan fingerprint density at radius 2 is 2.06 bits per heavy atom. The summed E-state index contributed by atoms with van der Waals surface area (Å²) >= 11 is 0. The van der Waals surface area contributed by atoms with Gasteiger partial charge in [0.25, 0.3) is 0 Å². The average molecular weight is 243 g/mol. The minimum absolute atomic E-state index is 0.299. The monoisotopic (exact) mass is 243 g/mol. The number of rotatable bonds is 8. The SMILES string of the molecule is CCOC1CC(NCCOC(C)C)C1(C)CC. The van der Waals surface area contributed by atoms with E-state index >= 15 is 0 Å². The molecule has 0 aromatic carbocycles. The molecule has 1 rings (SSSR count). The summed E-state index contributed by atoms with van der Waals surface area (Å²) in [6.45, 7) is 13.4. The zero-order valence-electron chi connectivity index (χ0n) is 12.1. The van der Waals surface area contributed by atoms with Gasteiger partial charge in [-0.25, -0.2) is 0 Å². The van der Waals surface area contributed by atoms with E-state index in [9.17, 15) is 0 Å². The van der Waals surface area contributed by atoms with Crippen molar-refractivity contribution in [2.24, 2.45) is 5.41 Å². The number of hydrogen-bond acceptors (Lipinski definition) is 3. The summed E-state index contributed by atoms with van der Waals surface area (Å²) in [6, 6.07) is 0.583. The normalized spacial score (nSPS) is 32.8. The summed E-state index contributed by atoms with van der Waals surface area (Å²) in [5, 5.41) is 3.60. The summed E-state index contributed by atoms with van der Waals surface area (Å²) < 4.78 is 11.3. The molecule has 0 amide bonds. The van der Waals surface area contributed by atoms with Crippen molar-refractivity contribution in [2.75, 3.05) is 19.8 Å². The topological polar surface area (TPSA) is 30.5 Å². The van der Waals surface area contributed by atoms with Crippen LogP contribution in [0.2, 0.25) is 0 Å². The molecule has 0 saturated heterocycles. The Morgan fingerprint density at radius 3 is 2.59 bits per heavy atom. The van der Waals surface area contributed by atoms with Crippen LogP contribution in [0, 0.1) is 5.41 Å². The van der Waals surface area contributed by atoms with Crippen LogP contribution in [0.5, 0.6) is 0 Å². The molecule has 0 bridgehead atoms. The number of ether oxygens (including phenoxy) is 2.